The second-order valence-electron chi connectivity index (χ2n) is 6.51. The van der Waals surface area contributed by atoms with Gasteiger partial charge in [0.2, 0.25) is 5.88 Å². The Morgan fingerprint density at radius 3 is 2.73 bits per heavy atom. The Labute approximate surface area is 154 Å². The molecule has 0 aromatic heterocycles. The molecule has 0 radical (unpaired) electrons. The highest BCUT2D eigenvalue weighted by Crippen LogP contribution is 2.45. The number of rotatable bonds is 6. The van der Waals surface area contributed by atoms with E-state index in [-0.39, 0.29) is 30.0 Å². The molecule has 2 aliphatic rings. The average Bonchev–Trinajstić information content (AvgIpc) is 3.03. The van der Waals surface area contributed by atoms with Gasteiger partial charge in [0.25, 0.3) is 0 Å². The molecule has 0 aliphatic carbocycles. The van der Waals surface area contributed by atoms with E-state index in [1.54, 1.807) is 7.11 Å². The van der Waals surface area contributed by atoms with E-state index in [1.807, 2.05) is 25.1 Å². The summed E-state index contributed by atoms with van der Waals surface area (Å²) in [4.78, 5) is 0. The number of fused-ring (bicyclic) bond motifs is 1. The molecule has 0 amide bonds. The lowest BCUT2D eigenvalue weighted by Gasteiger charge is -2.36. The highest BCUT2D eigenvalue weighted by molar-refractivity contribution is 5.49. The third-order valence-electron chi connectivity index (χ3n) is 5.01. The Hall–Kier alpha value is -2.43. The van der Waals surface area contributed by atoms with Gasteiger partial charge in [0.05, 0.1) is 19.3 Å². The molecule has 4 N–H and O–H groups in total. The number of nitrogens with two attached hydrogens (primary N) is 1. The van der Waals surface area contributed by atoms with Crippen molar-refractivity contribution in [3.8, 4) is 17.6 Å². The standard InChI is InChI=1S/C19H26N4O3/c1-4-6-13-17-16(12(10-20)18(21)26-19(17)23-22-13)11-7-8-14(24-3)15(9-11)25-5-2/h7-9,13,16-17,19,22-23H,4-6,21H2,1-3H3. The molecule has 0 spiro atoms. The zero-order chi connectivity index (χ0) is 18.7. The molecule has 2 heterocycles. The second kappa shape index (κ2) is 7.85. The van der Waals surface area contributed by atoms with Crippen LogP contribution in [0.15, 0.2) is 29.7 Å². The van der Waals surface area contributed by atoms with Gasteiger partial charge in [-0.25, -0.2) is 5.43 Å². The molecule has 7 nitrogen and oxygen atoms in total. The zero-order valence-corrected chi connectivity index (χ0v) is 15.4. The Bertz CT molecular complexity index is 728. The number of hydrazine groups is 1. The Morgan fingerprint density at radius 2 is 2.08 bits per heavy atom. The van der Waals surface area contributed by atoms with Crippen LogP contribution in [0, 0.1) is 17.2 Å². The summed E-state index contributed by atoms with van der Waals surface area (Å²) in [5.74, 6) is 1.39. The Morgan fingerprint density at radius 1 is 1.27 bits per heavy atom. The van der Waals surface area contributed by atoms with E-state index in [0.717, 1.165) is 18.4 Å². The van der Waals surface area contributed by atoms with Crippen LogP contribution < -0.4 is 26.1 Å². The van der Waals surface area contributed by atoms with E-state index >= 15 is 0 Å². The number of nitrogens with one attached hydrogen (secondary N) is 2. The lowest BCUT2D eigenvalue weighted by molar-refractivity contribution is 0.0336. The van der Waals surface area contributed by atoms with Gasteiger partial charge >= 0.3 is 0 Å². The predicted molar refractivity (Wildman–Crippen MR) is 97.1 cm³/mol. The molecular weight excluding hydrogens is 332 g/mol. The normalized spacial score (nSPS) is 27.5. The van der Waals surface area contributed by atoms with Crippen molar-refractivity contribution in [2.45, 2.75) is 44.9 Å². The smallest absolute Gasteiger partial charge is 0.200 e. The summed E-state index contributed by atoms with van der Waals surface area (Å²) in [5.41, 5.74) is 14.0. The average molecular weight is 358 g/mol. The van der Waals surface area contributed by atoms with Gasteiger partial charge in [-0.2, -0.15) is 5.26 Å². The summed E-state index contributed by atoms with van der Waals surface area (Å²) in [6.45, 7) is 4.60. The van der Waals surface area contributed by atoms with Gasteiger partial charge in [-0.1, -0.05) is 19.4 Å². The molecule has 0 saturated carbocycles. The summed E-state index contributed by atoms with van der Waals surface area (Å²) >= 11 is 0. The number of hydrogen-bond acceptors (Lipinski definition) is 7. The molecule has 1 saturated heterocycles. The minimum atomic E-state index is -0.272. The van der Waals surface area contributed by atoms with Crippen molar-refractivity contribution < 1.29 is 14.2 Å². The van der Waals surface area contributed by atoms with Gasteiger partial charge in [-0.3, -0.25) is 5.43 Å². The van der Waals surface area contributed by atoms with Gasteiger partial charge in [-0.15, -0.1) is 0 Å². The van der Waals surface area contributed by atoms with Crippen LogP contribution in [-0.4, -0.2) is 26.0 Å². The Kier molecular flexibility index (Phi) is 5.55. The van der Waals surface area contributed by atoms with Gasteiger partial charge in [-0.05, 0) is 31.0 Å². The first-order valence-electron chi connectivity index (χ1n) is 9.02. The van der Waals surface area contributed by atoms with Crippen molar-refractivity contribution in [3.63, 3.8) is 0 Å². The lowest BCUT2D eigenvalue weighted by atomic mass is 9.74. The zero-order valence-electron chi connectivity index (χ0n) is 15.4. The third kappa shape index (κ3) is 3.18. The van der Waals surface area contributed by atoms with Gasteiger partial charge in [0, 0.05) is 17.9 Å². The fraction of sp³-hybridized carbons (Fsp3) is 0.526. The first-order chi connectivity index (χ1) is 12.6. The molecular formula is C19H26N4O3. The van der Waals surface area contributed by atoms with E-state index in [2.05, 4.69) is 23.8 Å². The van der Waals surface area contributed by atoms with Crippen LogP contribution in [0.1, 0.15) is 38.2 Å². The molecule has 2 aliphatic heterocycles. The van der Waals surface area contributed by atoms with Crippen LogP contribution in [0.25, 0.3) is 0 Å². The highest BCUT2D eigenvalue weighted by atomic mass is 16.5. The van der Waals surface area contributed by atoms with E-state index in [1.165, 1.54) is 0 Å². The number of methoxy groups -OCH3 is 1. The van der Waals surface area contributed by atoms with Crippen LogP contribution >= 0.6 is 0 Å². The maximum Gasteiger partial charge on any atom is 0.200 e. The number of hydrogen-bond donors (Lipinski definition) is 3. The fourth-order valence-electron chi connectivity index (χ4n) is 3.90. The molecule has 140 valence electrons. The molecule has 1 aromatic rings. The quantitative estimate of drug-likeness (QED) is 0.716. The van der Waals surface area contributed by atoms with E-state index < -0.39 is 0 Å². The molecule has 1 aromatic carbocycles. The van der Waals surface area contributed by atoms with Crippen LogP contribution in [0.4, 0.5) is 0 Å². The van der Waals surface area contributed by atoms with Crippen LogP contribution in [-0.2, 0) is 4.74 Å². The SMILES string of the molecule is CCCC1NNC2OC(N)=C(C#N)C(c3ccc(OC)c(OCC)c3)C12. The largest absolute Gasteiger partial charge is 0.493 e. The third-order valence-corrected chi connectivity index (χ3v) is 5.01. The number of nitrogens with zero attached hydrogens (tertiary/aromatic N) is 1. The second-order valence-corrected chi connectivity index (χ2v) is 6.51. The minimum Gasteiger partial charge on any atom is -0.493 e. The van der Waals surface area contributed by atoms with Crippen LogP contribution in [0.5, 0.6) is 11.5 Å². The predicted octanol–water partition coefficient (Wildman–Crippen LogP) is 2.12. The van der Waals surface area contributed by atoms with Crippen molar-refractivity contribution in [1.29, 1.82) is 5.26 Å². The van der Waals surface area contributed by atoms with Crippen molar-refractivity contribution in [3.05, 3.63) is 35.2 Å². The van der Waals surface area contributed by atoms with Crippen molar-refractivity contribution in [2.75, 3.05) is 13.7 Å². The molecule has 4 atom stereocenters. The van der Waals surface area contributed by atoms with Crippen LogP contribution in [0.3, 0.4) is 0 Å². The maximum atomic E-state index is 9.74. The van der Waals surface area contributed by atoms with Crippen molar-refractivity contribution in [1.82, 2.24) is 10.9 Å². The Balaban J connectivity index is 2.07. The van der Waals surface area contributed by atoms with Crippen molar-refractivity contribution >= 4 is 0 Å². The highest BCUT2D eigenvalue weighted by Gasteiger charge is 2.48. The molecule has 0 bridgehead atoms. The number of benzene rings is 1. The van der Waals surface area contributed by atoms with Crippen molar-refractivity contribution in [2.24, 2.45) is 11.7 Å². The summed E-state index contributed by atoms with van der Waals surface area (Å²) in [6.07, 6.45) is 1.73. The topological polar surface area (TPSA) is 102 Å². The summed E-state index contributed by atoms with van der Waals surface area (Å²) in [7, 11) is 1.61. The van der Waals surface area contributed by atoms with Gasteiger partial charge in [0.1, 0.15) is 6.07 Å². The lowest BCUT2D eigenvalue weighted by Crippen LogP contribution is -2.41. The number of nitriles is 1. The fourth-order valence-corrected chi connectivity index (χ4v) is 3.90. The van der Waals surface area contributed by atoms with Gasteiger partial charge < -0.3 is 19.9 Å². The monoisotopic (exact) mass is 358 g/mol. The molecule has 7 heteroatoms. The molecule has 1 fully saturated rings. The van der Waals surface area contributed by atoms with Gasteiger partial charge in [0.15, 0.2) is 17.7 Å². The van der Waals surface area contributed by atoms with E-state index in [9.17, 15) is 5.26 Å². The molecule has 4 unspecified atom stereocenters. The maximum absolute atomic E-state index is 9.74. The van der Waals surface area contributed by atoms with E-state index in [4.69, 9.17) is 19.9 Å². The van der Waals surface area contributed by atoms with Crippen LogP contribution in [0.2, 0.25) is 0 Å². The number of allylic oxidation sites excluding steroid dienone is 1. The first-order valence-corrected chi connectivity index (χ1v) is 9.02. The summed E-state index contributed by atoms with van der Waals surface area (Å²) < 4.78 is 16.9. The summed E-state index contributed by atoms with van der Waals surface area (Å²) in [6, 6.07) is 8.24. The summed E-state index contributed by atoms with van der Waals surface area (Å²) in [5, 5.41) is 9.74. The van der Waals surface area contributed by atoms with E-state index in [0.29, 0.717) is 23.7 Å². The molecule has 3 rings (SSSR count). The number of ether oxygens (including phenoxy) is 3. The first kappa shape index (κ1) is 18.4. The molecule has 26 heavy (non-hydrogen) atoms. The minimum absolute atomic E-state index is 0.0553.